The fraction of sp³-hybridized carbons (Fsp3) is 0.750. The lowest BCUT2D eigenvalue weighted by Crippen LogP contribution is -1.99. The van der Waals surface area contributed by atoms with Crippen molar-refractivity contribution in [1.82, 2.24) is 0 Å². The molecule has 0 amide bonds. The fourth-order valence-electron chi connectivity index (χ4n) is 2.28. The summed E-state index contributed by atoms with van der Waals surface area (Å²) >= 11 is 0. The summed E-state index contributed by atoms with van der Waals surface area (Å²) in [6, 6.07) is 0. The van der Waals surface area contributed by atoms with E-state index in [0.29, 0.717) is 6.61 Å². The standard InChI is InChI=1S/C20H36O2/c1-3-5-7-9-11-13-15-17-19-22-20(21)18-16-14-12-10-8-6-4-2/h15-18H,3-14,19H2,1-2H3/b17-15+,18-16+. The lowest BCUT2D eigenvalue weighted by atomic mass is 10.1. The fourth-order valence-corrected chi connectivity index (χ4v) is 2.28. The number of esters is 1. The van der Waals surface area contributed by atoms with Gasteiger partial charge in [-0.3, -0.25) is 0 Å². The van der Waals surface area contributed by atoms with E-state index in [1.807, 2.05) is 12.2 Å². The van der Waals surface area contributed by atoms with Gasteiger partial charge in [0, 0.05) is 6.08 Å². The third-order valence-electron chi connectivity index (χ3n) is 3.69. The smallest absolute Gasteiger partial charge is 0.330 e. The molecule has 2 heteroatoms. The Labute approximate surface area is 138 Å². The predicted octanol–water partition coefficient (Wildman–Crippen LogP) is 6.36. The van der Waals surface area contributed by atoms with Crippen LogP contribution in [0.5, 0.6) is 0 Å². The molecule has 0 N–H and O–H groups in total. The first-order valence-electron chi connectivity index (χ1n) is 9.29. The number of carbonyl (C=O) groups is 1. The topological polar surface area (TPSA) is 26.3 Å². The lowest BCUT2D eigenvalue weighted by Gasteiger charge is -1.98. The number of carbonyl (C=O) groups excluding carboxylic acids is 1. The SMILES string of the molecule is CCCCCCC/C=C/COC(=O)/C=C/CCCCCCC. The molecule has 0 radical (unpaired) electrons. The van der Waals surface area contributed by atoms with E-state index >= 15 is 0 Å². The van der Waals surface area contributed by atoms with E-state index in [1.165, 1.54) is 64.2 Å². The molecule has 0 saturated carbocycles. The van der Waals surface area contributed by atoms with Crippen LogP contribution in [-0.4, -0.2) is 12.6 Å². The summed E-state index contributed by atoms with van der Waals surface area (Å²) in [5.41, 5.74) is 0. The highest BCUT2D eigenvalue weighted by Gasteiger charge is 1.94. The molecule has 2 nitrogen and oxygen atoms in total. The van der Waals surface area contributed by atoms with Crippen molar-refractivity contribution < 1.29 is 9.53 Å². The normalized spacial score (nSPS) is 11.5. The molecule has 0 aliphatic carbocycles. The van der Waals surface area contributed by atoms with Crippen LogP contribution in [-0.2, 0) is 9.53 Å². The predicted molar refractivity (Wildman–Crippen MR) is 96.0 cm³/mol. The van der Waals surface area contributed by atoms with Crippen molar-refractivity contribution in [1.29, 1.82) is 0 Å². The Morgan fingerprint density at radius 1 is 0.727 bits per heavy atom. The molecule has 0 aromatic heterocycles. The Balaban J connectivity index is 3.37. The zero-order valence-electron chi connectivity index (χ0n) is 14.8. The number of ether oxygens (including phenoxy) is 1. The number of allylic oxidation sites excluding steroid dienone is 2. The maximum atomic E-state index is 11.4. The number of hydrogen-bond donors (Lipinski definition) is 0. The molecular formula is C20H36O2. The van der Waals surface area contributed by atoms with Gasteiger partial charge in [0.15, 0.2) is 0 Å². The average molecular weight is 309 g/mol. The molecule has 0 atom stereocenters. The van der Waals surface area contributed by atoms with Crippen LogP contribution in [0.15, 0.2) is 24.3 Å². The van der Waals surface area contributed by atoms with Crippen molar-refractivity contribution >= 4 is 5.97 Å². The Morgan fingerprint density at radius 3 is 1.86 bits per heavy atom. The summed E-state index contributed by atoms with van der Waals surface area (Å²) in [5, 5.41) is 0. The first-order chi connectivity index (χ1) is 10.8. The Bertz CT molecular complexity index is 292. The largest absolute Gasteiger partial charge is 0.458 e. The van der Waals surface area contributed by atoms with E-state index in [9.17, 15) is 4.79 Å². The molecule has 0 aromatic rings. The Morgan fingerprint density at radius 2 is 1.27 bits per heavy atom. The second-order valence-corrected chi connectivity index (χ2v) is 5.91. The van der Waals surface area contributed by atoms with Gasteiger partial charge >= 0.3 is 5.97 Å². The summed E-state index contributed by atoms with van der Waals surface area (Å²) in [6.07, 6.45) is 22.5. The molecule has 0 aliphatic heterocycles. The minimum atomic E-state index is -0.221. The quantitative estimate of drug-likeness (QED) is 0.152. The number of hydrogen-bond acceptors (Lipinski definition) is 2. The van der Waals surface area contributed by atoms with Crippen molar-refractivity contribution in [3.63, 3.8) is 0 Å². The minimum absolute atomic E-state index is 0.221. The van der Waals surface area contributed by atoms with Crippen LogP contribution in [0.4, 0.5) is 0 Å². The molecule has 0 saturated heterocycles. The third kappa shape index (κ3) is 17.0. The lowest BCUT2D eigenvalue weighted by molar-refractivity contribution is -0.136. The maximum Gasteiger partial charge on any atom is 0.330 e. The van der Waals surface area contributed by atoms with Gasteiger partial charge in [0.05, 0.1) is 0 Å². The second kappa shape index (κ2) is 18.0. The van der Waals surface area contributed by atoms with Crippen LogP contribution in [0.2, 0.25) is 0 Å². The van der Waals surface area contributed by atoms with Gasteiger partial charge < -0.3 is 4.74 Å². The number of unbranched alkanes of at least 4 members (excludes halogenated alkanes) is 10. The van der Waals surface area contributed by atoms with Crippen LogP contribution in [0, 0.1) is 0 Å². The summed E-state index contributed by atoms with van der Waals surface area (Å²) < 4.78 is 5.12. The zero-order valence-corrected chi connectivity index (χ0v) is 14.8. The first-order valence-corrected chi connectivity index (χ1v) is 9.29. The van der Waals surface area contributed by atoms with Gasteiger partial charge in [-0.1, -0.05) is 83.4 Å². The molecule has 0 heterocycles. The maximum absolute atomic E-state index is 11.4. The van der Waals surface area contributed by atoms with E-state index in [-0.39, 0.29) is 5.97 Å². The summed E-state index contributed by atoms with van der Waals surface area (Å²) in [7, 11) is 0. The van der Waals surface area contributed by atoms with Crippen LogP contribution < -0.4 is 0 Å². The van der Waals surface area contributed by atoms with Gasteiger partial charge in [-0.25, -0.2) is 4.79 Å². The van der Waals surface area contributed by atoms with Crippen molar-refractivity contribution in [2.75, 3.05) is 6.61 Å². The van der Waals surface area contributed by atoms with Gasteiger partial charge in [0.1, 0.15) is 6.61 Å². The van der Waals surface area contributed by atoms with Crippen molar-refractivity contribution in [2.45, 2.75) is 90.9 Å². The highest BCUT2D eigenvalue weighted by atomic mass is 16.5. The van der Waals surface area contributed by atoms with Crippen molar-refractivity contribution in [2.24, 2.45) is 0 Å². The number of rotatable bonds is 15. The molecule has 0 spiro atoms. The monoisotopic (exact) mass is 308 g/mol. The van der Waals surface area contributed by atoms with E-state index in [4.69, 9.17) is 4.74 Å². The summed E-state index contributed by atoms with van der Waals surface area (Å²) in [4.78, 5) is 11.4. The van der Waals surface area contributed by atoms with Crippen LogP contribution in [0.1, 0.15) is 90.9 Å². The van der Waals surface area contributed by atoms with E-state index < -0.39 is 0 Å². The molecule has 128 valence electrons. The van der Waals surface area contributed by atoms with E-state index in [2.05, 4.69) is 19.9 Å². The van der Waals surface area contributed by atoms with Crippen LogP contribution in [0.3, 0.4) is 0 Å². The molecule has 0 aromatic carbocycles. The van der Waals surface area contributed by atoms with Crippen molar-refractivity contribution in [3.05, 3.63) is 24.3 Å². The van der Waals surface area contributed by atoms with Gasteiger partial charge in [0.25, 0.3) is 0 Å². The molecule has 0 fully saturated rings. The molecular weight excluding hydrogens is 272 g/mol. The molecule has 0 rings (SSSR count). The van der Waals surface area contributed by atoms with Crippen molar-refractivity contribution in [3.8, 4) is 0 Å². The van der Waals surface area contributed by atoms with E-state index in [0.717, 1.165) is 12.8 Å². The van der Waals surface area contributed by atoms with Gasteiger partial charge in [-0.15, -0.1) is 0 Å². The van der Waals surface area contributed by atoms with Crippen LogP contribution in [0.25, 0.3) is 0 Å². The summed E-state index contributed by atoms with van der Waals surface area (Å²) in [5.74, 6) is -0.221. The molecule has 22 heavy (non-hydrogen) atoms. The second-order valence-electron chi connectivity index (χ2n) is 5.91. The minimum Gasteiger partial charge on any atom is -0.458 e. The Kier molecular flexibility index (Phi) is 17.1. The van der Waals surface area contributed by atoms with Gasteiger partial charge in [-0.2, -0.15) is 0 Å². The average Bonchev–Trinajstić information content (AvgIpc) is 2.52. The zero-order chi connectivity index (χ0) is 16.3. The highest BCUT2D eigenvalue weighted by molar-refractivity contribution is 5.81. The van der Waals surface area contributed by atoms with Gasteiger partial charge in [0.2, 0.25) is 0 Å². The van der Waals surface area contributed by atoms with Gasteiger partial charge in [-0.05, 0) is 25.7 Å². The molecule has 0 bridgehead atoms. The summed E-state index contributed by atoms with van der Waals surface area (Å²) in [6.45, 7) is 4.85. The van der Waals surface area contributed by atoms with Crippen LogP contribution >= 0.6 is 0 Å². The highest BCUT2D eigenvalue weighted by Crippen LogP contribution is 2.06. The first kappa shape index (κ1) is 20.9. The third-order valence-corrected chi connectivity index (χ3v) is 3.69. The van der Waals surface area contributed by atoms with E-state index in [1.54, 1.807) is 6.08 Å². The molecule has 0 aliphatic rings. The molecule has 0 unspecified atom stereocenters. The Hall–Kier alpha value is -1.05.